The summed E-state index contributed by atoms with van der Waals surface area (Å²) in [6.07, 6.45) is 2.03. The van der Waals surface area contributed by atoms with Gasteiger partial charge in [0.25, 0.3) is 0 Å². The molecule has 0 N–H and O–H groups in total. The third-order valence-electron chi connectivity index (χ3n) is 3.14. The lowest BCUT2D eigenvalue weighted by Gasteiger charge is -2.09. The van der Waals surface area contributed by atoms with E-state index >= 15 is 0 Å². The van der Waals surface area contributed by atoms with Crippen molar-refractivity contribution in [3.8, 4) is 0 Å². The molecule has 1 aliphatic rings. The largest absolute Gasteiger partial charge is 0.277 e. The first-order chi connectivity index (χ1) is 9.79. The molecule has 0 atom stereocenters. The minimum Gasteiger partial charge on any atom is -0.277 e. The fraction of sp³-hybridized carbons (Fsp3) is 0.125. The van der Waals surface area contributed by atoms with Crippen LogP contribution in [0.4, 0.5) is 5.69 Å². The Bertz CT molecular complexity index is 707. The van der Waals surface area contributed by atoms with Crippen LogP contribution in [-0.4, -0.2) is 23.6 Å². The number of hydrogen-bond donors (Lipinski definition) is 0. The van der Waals surface area contributed by atoms with Crippen molar-refractivity contribution in [2.75, 3.05) is 12.8 Å². The van der Waals surface area contributed by atoms with Gasteiger partial charge in [-0.1, -0.05) is 48.0 Å². The van der Waals surface area contributed by atoms with Crippen LogP contribution in [0, 0.1) is 0 Å². The predicted octanol–water partition coefficient (Wildman–Crippen LogP) is 4.58. The van der Waals surface area contributed by atoms with E-state index in [-0.39, 0.29) is 0 Å². The van der Waals surface area contributed by atoms with Gasteiger partial charge >= 0.3 is 0 Å². The van der Waals surface area contributed by atoms with Crippen LogP contribution >= 0.6 is 23.4 Å². The molecular formula is C16H13ClN2S. The standard InChI is InChI=1S/C16H13ClN2S/c1-20-15-10-18-16(11-6-2-4-8-13(11)17)12-7-3-5-9-14(12)19-15/h2-9H,10H2,1H3. The van der Waals surface area contributed by atoms with Crippen LogP contribution in [0.3, 0.4) is 0 Å². The van der Waals surface area contributed by atoms with Crippen molar-refractivity contribution in [3.05, 3.63) is 64.7 Å². The van der Waals surface area contributed by atoms with Crippen LogP contribution in [0.1, 0.15) is 11.1 Å². The molecule has 0 amide bonds. The normalized spacial score (nSPS) is 14.1. The summed E-state index contributed by atoms with van der Waals surface area (Å²) in [5.74, 6) is 0. The molecule has 4 heteroatoms. The molecule has 3 rings (SSSR count). The van der Waals surface area contributed by atoms with Crippen LogP contribution < -0.4 is 0 Å². The first-order valence-corrected chi connectivity index (χ1v) is 7.90. The number of para-hydroxylation sites is 1. The highest BCUT2D eigenvalue weighted by Gasteiger charge is 2.17. The molecule has 0 radical (unpaired) electrons. The van der Waals surface area contributed by atoms with Gasteiger partial charge in [-0.2, -0.15) is 0 Å². The molecule has 20 heavy (non-hydrogen) atoms. The van der Waals surface area contributed by atoms with E-state index in [1.165, 1.54) is 0 Å². The number of nitrogens with zero attached hydrogens (tertiary/aromatic N) is 2. The van der Waals surface area contributed by atoms with E-state index in [4.69, 9.17) is 16.6 Å². The minimum atomic E-state index is 0.594. The number of thioether (sulfide) groups is 1. The van der Waals surface area contributed by atoms with Gasteiger partial charge in [-0.15, -0.1) is 11.8 Å². The maximum absolute atomic E-state index is 6.32. The third kappa shape index (κ3) is 2.51. The van der Waals surface area contributed by atoms with Crippen LogP contribution in [0.5, 0.6) is 0 Å². The number of halogens is 1. The Hall–Kier alpha value is -1.58. The second-order valence-corrected chi connectivity index (χ2v) is 5.66. The summed E-state index contributed by atoms with van der Waals surface area (Å²) in [7, 11) is 0. The molecule has 1 aliphatic heterocycles. The second-order valence-electron chi connectivity index (χ2n) is 4.37. The van der Waals surface area contributed by atoms with Gasteiger partial charge in [-0.05, 0) is 18.4 Å². The maximum atomic E-state index is 6.32. The Labute approximate surface area is 127 Å². The summed E-state index contributed by atoms with van der Waals surface area (Å²) in [6.45, 7) is 0.594. The summed E-state index contributed by atoms with van der Waals surface area (Å²) in [6, 6.07) is 15.9. The number of rotatable bonds is 1. The van der Waals surface area contributed by atoms with Gasteiger partial charge in [0.05, 0.1) is 23.0 Å². The summed E-state index contributed by atoms with van der Waals surface area (Å²) in [5, 5.41) is 1.73. The summed E-state index contributed by atoms with van der Waals surface area (Å²) in [5.41, 5.74) is 3.86. The van der Waals surface area contributed by atoms with Crippen molar-refractivity contribution in [2.24, 2.45) is 9.98 Å². The van der Waals surface area contributed by atoms with Crippen molar-refractivity contribution in [2.45, 2.75) is 0 Å². The number of fused-ring (bicyclic) bond motifs is 1. The van der Waals surface area contributed by atoms with Crippen LogP contribution in [0.2, 0.25) is 5.02 Å². The zero-order valence-corrected chi connectivity index (χ0v) is 12.6. The smallest absolute Gasteiger partial charge is 0.0951 e. The highest BCUT2D eigenvalue weighted by atomic mass is 35.5. The fourth-order valence-electron chi connectivity index (χ4n) is 2.17. The molecule has 100 valence electrons. The Morgan fingerprint density at radius 3 is 2.45 bits per heavy atom. The maximum Gasteiger partial charge on any atom is 0.0951 e. The predicted molar refractivity (Wildman–Crippen MR) is 89.0 cm³/mol. The van der Waals surface area contributed by atoms with Crippen molar-refractivity contribution < 1.29 is 0 Å². The molecule has 2 nitrogen and oxygen atoms in total. The van der Waals surface area contributed by atoms with E-state index in [1.54, 1.807) is 11.8 Å². The molecule has 0 spiro atoms. The van der Waals surface area contributed by atoms with Gasteiger partial charge in [0.1, 0.15) is 0 Å². The van der Waals surface area contributed by atoms with Crippen molar-refractivity contribution in [3.63, 3.8) is 0 Å². The molecule has 2 aromatic rings. The topological polar surface area (TPSA) is 24.7 Å². The molecule has 1 heterocycles. The molecule has 0 unspecified atom stereocenters. The van der Waals surface area contributed by atoms with E-state index in [0.717, 1.165) is 27.6 Å². The summed E-state index contributed by atoms with van der Waals surface area (Å²) < 4.78 is 0. The zero-order valence-electron chi connectivity index (χ0n) is 11.0. The monoisotopic (exact) mass is 300 g/mol. The molecular weight excluding hydrogens is 288 g/mol. The molecule has 2 aromatic carbocycles. The summed E-state index contributed by atoms with van der Waals surface area (Å²) in [4.78, 5) is 9.41. The lowest BCUT2D eigenvalue weighted by atomic mass is 10.0. The minimum absolute atomic E-state index is 0.594. The quantitative estimate of drug-likeness (QED) is 0.756. The van der Waals surface area contributed by atoms with Gasteiger partial charge in [0.2, 0.25) is 0 Å². The Kier molecular flexibility index (Phi) is 3.90. The number of hydrogen-bond acceptors (Lipinski definition) is 3. The zero-order chi connectivity index (χ0) is 13.9. The molecule has 0 fully saturated rings. The Morgan fingerprint density at radius 1 is 1.00 bits per heavy atom. The Morgan fingerprint density at radius 2 is 1.70 bits per heavy atom. The van der Waals surface area contributed by atoms with Crippen LogP contribution in [0.15, 0.2) is 58.5 Å². The van der Waals surface area contributed by atoms with E-state index < -0.39 is 0 Å². The van der Waals surface area contributed by atoms with Crippen molar-refractivity contribution in [1.29, 1.82) is 0 Å². The molecule has 0 bridgehead atoms. The lowest BCUT2D eigenvalue weighted by Crippen LogP contribution is -2.05. The highest BCUT2D eigenvalue weighted by molar-refractivity contribution is 8.13. The van der Waals surface area contributed by atoms with Crippen molar-refractivity contribution >= 4 is 39.8 Å². The van der Waals surface area contributed by atoms with Gasteiger partial charge in [-0.3, -0.25) is 4.99 Å². The second kappa shape index (κ2) is 5.81. The van der Waals surface area contributed by atoms with E-state index in [0.29, 0.717) is 11.6 Å². The van der Waals surface area contributed by atoms with E-state index in [2.05, 4.69) is 4.99 Å². The highest BCUT2D eigenvalue weighted by Crippen LogP contribution is 2.29. The molecule has 0 aliphatic carbocycles. The van der Waals surface area contributed by atoms with Gasteiger partial charge in [-0.25, -0.2) is 4.99 Å². The first-order valence-electron chi connectivity index (χ1n) is 6.30. The molecule has 0 saturated heterocycles. The van der Waals surface area contributed by atoms with E-state index in [1.807, 2.05) is 54.8 Å². The lowest BCUT2D eigenvalue weighted by molar-refractivity contribution is 1.32. The number of benzene rings is 2. The third-order valence-corrected chi connectivity index (χ3v) is 4.16. The van der Waals surface area contributed by atoms with Crippen molar-refractivity contribution in [1.82, 2.24) is 0 Å². The van der Waals surface area contributed by atoms with Gasteiger partial charge < -0.3 is 0 Å². The average Bonchev–Trinajstić information content (AvgIpc) is 2.67. The average molecular weight is 301 g/mol. The fourth-order valence-corrected chi connectivity index (χ4v) is 2.78. The number of aliphatic imine (C=N–C) groups is 2. The van der Waals surface area contributed by atoms with Gasteiger partial charge in [0, 0.05) is 16.1 Å². The first kappa shape index (κ1) is 13.4. The van der Waals surface area contributed by atoms with Gasteiger partial charge in [0.15, 0.2) is 0 Å². The van der Waals surface area contributed by atoms with Crippen LogP contribution in [-0.2, 0) is 0 Å². The van der Waals surface area contributed by atoms with E-state index in [9.17, 15) is 0 Å². The van der Waals surface area contributed by atoms with Crippen LogP contribution in [0.25, 0.3) is 0 Å². The Balaban J connectivity index is 2.19. The molecule has 0 aromatic heterocycles. The molecule has 0 saturated carbocycles. The SMILES string of the molecule is CSC1=Nc2ccccc2C(c2ccccc2Cl)=NC1. The summed E-state index contributed by atoms with van der Waals surface area (Å²) >= 11 is 7.96.